The number of halogens is 2. The Balaban J connectivity index is 1.49. The van der Waals surface area contributed by atoms with Gasteiger partial charge in [-0.1, -0.05) is 18.7 Å². The summed E-state index contributed by atoms with van der Waals surface area (Å²) < 4.78 is 39.3. The molecule has 2 aromatic carbocycles. The van der Waals surface area contributed by atoms with E-state index in [-0.39, 0.29) is 35.8 Å². The van der Waals surface area contributed by atoms with E-state index in [4.69, 9.17) is 14.8 Å². The molecule has 48 heavy (non-hydrogen) atoms. The standard InChI is InChI=1S/C36H33F2N5O4S/c1-5-30(45)42-9-10-43-27(19(42)2)16-26(41-43)34-32(31-25(38)14-23(37)15-28(31)47-18-36(3,4)46)35-24(8-11-48-35)33(40-34)21-7-6-20-13-29(44)39-17-22(20)12-21/h5-8,11-12,14-16,19,46H,1,9-10,13,17-18H2,2-4H3,(H,39,44)/t19-/m1/s1. The number of nitrogens with one attached hydrogen (secondary N) is 1. The van der Waals surface area contributed by atoms with Crippen molar-refractivity contribution in [2.45, 2.75) is 51.9 Å². The molecule has 0 unspecified atom stereocenters. The highest BCUT2D eigenvalue weighted by atomic mass is 32.1. The first-order valence-corrected chi connectivity index (χ1v) is 16.5. The molecule has 0 bridgehead atoms. The molecule has 2 aliphatic heterocycles. The SMILES string of the molecule is C=CC(=O)N1CCn2nc(-c3nc(-c4ccc5c(c4)CNC(=O)C5)c4ccsc4c3-c3c(F)cc(F)cc3OCC(C)(C)O)cc2[C@H]1C. The molecule has 0 aliphatic carbocycles. The van der Waals surface area contributed by atoms with Crippen LogP contribution in [0.15, 0.2) is 60.5 Å². The van der Waals surface area contributed by atoms with Crippen molar-refractivity contribution in [1.82, 2.24) is 25.0 Å². The van der Waals surface area contributed by atoms with E-state index >= 15 is 4.39 Å². The third kappa shape index (κ3) is 5.64. The molecule has 5 heterocycles. The van der Waals surface area contributed by atoms with Crippen LogP contribution in [0.1, 0.15) is 43.6 Å². The molecule has 1 atom stereocenters. The molecule has 5 aromatic rings. The van der Waals surface area contributed by atoms with Gasteiger partial charge in [0.05, 0.1) is 41.6 Å². The number of carbonyl (C=O) groups is 2. The van der Waals surface area contributed by atoms with Crippen LogP contribution in [0, 0.1) is 11.6 Å². The predicted molar refractivity (Wildman–Crippen MR) is 179 cm³/mol. The van der Waals surface area contributed by atoms with E-state index in [0.717, 1.165) is 39.9 Å². The summed E-state index contributed by atoms with van der Waals surface area (Å²) >= 11 is 1.38. The zero-order chi connectivity index (χ0) is 33.9. The van der Waals surface area contributed by atoms with Crippen LogP contribution in [0.2, 0.25) is 0 Å². The van der Waals surface area contributed by atoms with Crippen LogP contribution >= 0.6 is 11.3 Å². The van der Waals surface area contributed by atoms with Gasteiger partial charge >= 0.3 is 0 Å². The summed E-state index contributed by atoms with van der Waals surface area (Å²) in [6.07, 6.45) is 1.58. The highest BCUT2D eigenvalue weighted by Crippen LogP contribution is 2.47. The van der Waals surface area contributed by atoms with Gasteiger partial charge in [0.25, 0.3) is 0 Å². The van der Waals surface area contributed by atoms with Gasteiger partial charge < -0.3 is 20.1 Å². The summed E-state index contributed by atoms with van der Waals surface area (Å²) in [7, 11) is 0. The molecule has 0 radical (unpaired) electrons. The fourth-order valence-corrected chi connectivity index (χ4v) is 7.35. The minimum Gasteiger partial charge on any atom is -0.490 e. The molecule has 246 valence electrons. The summed E-state index contributed by atoms with van der Waals surface area (Å²) in [5, 5.41) is 20.9. The second-order valence-electron chi connectivity index (χ2n) is 12.7. The molecule has 7 rings (SSSR count). The van der Waals surface area contributed by atoms with Gasteiger partial charge in [0.15, 0.2) is 0 Å². The number of ether oxygens (including phenoxy) is 1. The molecular weight excluding hydrogens is 636 g/mol. The van der Waals surface area contributed by atoms with E-state index < -0.39 is 17.2 Å². The van der Waals surface area contributed by atoms with Crippen molar-refractivity contribution in [1.29, 1.82) is 0 Å². The molecule has 2 aliphatic rings. The van der Waals surface area contributed by atoms with Gasteiger partial charge in [-0.25, -0.2) is 13.8 Å². The van der Waals surface area contributed by atoms with E-state index in [9.17, 15) is 19.1 Å². The van der Waals surface area contributed by atoms with E-state index in [0.29, 0.717) is 53.4 Å². The quantitative estimate of drug-likeness (QED) is 0.200. The third-order valence-electron chi connectivity index (χ3n) is 8.72. The number of aliphatic hydroxyl groups is 1. The number of aromatic nitrogens is 3. The predicted octanol–water partition coefficient (Wildman–Crippen LogP) is 6.18. The van der Waals surface area contributed by atoms with Gasteiger partial charge in [0.2, 0.25) is 11.8 Å². The average Bonchev–Trinajstić information content (AvgIpc) is 3.71. The molecule has 0 spiro atoms. The molecular formula is C36H33F2N5O4S. The largest absolute Gasteiger partial charge is 0.490 e. The second kappa shape index (κ2) is 11.9. The lowest BCUT2D eigenvalue weighted by Crippen LogP contribution is -2.40. The number of benzene rings is 2. The number of carbonyl (C=O) groups excluding carboxylic acids is 2. The molecule has 0 saturated heterocycles. The third-order valence-corrected chi connectivity index (χ3v) is 9.66. The monoisotopic (exact) mass is 669 g/mol. The second-order valence-corrected chi connectivity index (χ2v) is 13.7. The Kier molecular flexibility index (Phi) is 7.87. The Labute approximate surface area is 279 Å². The van der Waals surface area contributed by atoms with Crippen LogP contribution < -0.4 is 10.1 Å². The lowest BCUT2D eigenvalue weighted by molar-refractivity contribution is -0.129. The first-order chi connectivity index (χ1) is 22.9. The minimum absolute atomic E-state index is 0.00205. The van der Waals surface area contributed by atoms with E-state index in [1.807, 2.05) is 47.3 Å². The summed E-state index contributed by atoms with van der Waals surface area (Å²) in [6.45, 7) is 9.69. The van der Waals surface area contributed by atoms with Gasteiger partial charge in [0.1, 0.15) is 35.4 Å². The van der Waals surface area contributed by atoms with Gasteiger partial charge in [-0.2, -0.15) is 5.10 Å². The number of fused-ring (bicyclic) bond motifs is 3. The number of hydrogen-bond acceptors (Lipinski definition) is 7. The molecule has 3 aromatic heterocycles. The van der Waals surface area contributed by atoms with Crippen LogP contribution in [0.3, 0.4) is 0 Å². The van der Waals surface area contributed by atoms with Crippen molar-refractivity contribution in [2.24, 2.45) is 0 Å². The minimum atomic E-state index is -1.27. The molecule has 12 heteroatoms. The Morgan fingerprint density at radius 1 is 1.15 bits per heavy atom. The van der Waals surface area contributed by atoms with Crippen molar-refractivity contribution < 1.29 is 28.2 Å². The number of nitrogens with zero attached hydrogens (tertiary/aromatic N) is 4. The van der Waals surface area contributed by atoms with Gasteiger partial charge in [0, 0.05) is 46.4 Å². The van der Waals surface area contributed by atoms with E-state index in [1.54, 1.807) is 18.7 Å². The van der Waals surface area contributed by atoms with Crippen LogP contribution in [-0.2, 0) is 29.1 Å². The smallest absolute Gasteiger partial charge is 0.246 e. The van der Waals surface area contributed by atoms with Crippen molar-refractivity contribution in [3.05, 3.63) is 89.0 Å². The van der Waals surface area contributed by atoms with Crippen molar-refractivity contribution in [2.75, 3.05) is 13.2 Å². The van der Waals surface area contributed by atoms with Crippen molar-refractivity contribution in [3.8, 4) is 39.5 Å². The number of pyridine rings is 1. The summed E-state index contributed by atoms with van der Waals surface area (Å²) in [5.74, 6) is -1.98. The number of rotatable bonds is 7. The zero-order valence-corrected chi connectivity index (χ0v) is 27.5. The molecule has 2 amide bonds. The summed E-state index contributed by atoms with van der Waals surface area (Å²) in [6, 6.07) is 11.2. The maximum atomic E-state index is 16.1. The van der Waals surface area contributed by atoms with Gasteiger partial charge in [-0.05, 0) is 61.6 Å². The maximum Gasteiger partial charge on any atom is 0.246 e. The lowest BCUT2D eigenvalue weighted by atomic mass is 9.93. The van der Waals surface area contributed by atoms with Crippen LogP contribution in [0.25, 0.3) is 43.9 Å². The Morgan fingerprint density at radius 3 is 2.73 bits per heavy atom. The summed E-state index contributed by atoms with van der Waals surface area (Å²) in [4.78, 5) is 31.5. The van der Waals surface area contributed by atoms with Crippen LogP contribution in [0.4, 0.5) is 8.78 Å². The van der Waals surface area contributed by atoms with Crippen LogP contribution in [-0.4, -0.2) is 55.3 Å². The zero-order valence-electron chi connectivity index (χ0n) is 26.6. The van der Waals surface area contributed by atoms with Crippen molar-refractivity contribution >= 4 is 33.2 Å². The Morgan fingerprint density at radius 2 is 1.96 bits per heavy atom. The lowest BCUT2D eigenvalue weighted by Gasteiger charge is -2.33. The molecule has 0 fully saturated rings. The highest BCUT2D eigenvalue weighted by molar-refractivity contribution is 7.18. The maximum absolute atomic E-state index is 16.1. The van der Waals surface area contributed by atoms with E-state index in [2.05, 4.69) is 11.9 Å². The number of thiophene rings is 1. The molecule has 9 nitrogen and oxygen atoms in total. The fourth-order valence-electron chi connectivity index (χ4n) is 6.40. The van der Waals surface area contributed by atoms with E-state index in [1.165, 1.54) is 17.4 Å². The molecule has 2 N–H and O–H groups in total. The van der Waals surface area contributed by atoms with Crippen molar-refractivity contribution in [3.63, 3.8) is 0 Å². The Hall–Kier alpha value is -4.94. The first-order valence-electron chi connectivity index (χ1n) is 15.6. The number of amides is 2. The first kappa shape index (κ1) is 31.6. The Bertz CT molecular complexity index is 2130. The highest BCUT2D eigenvalue weighted by Gasteiger charge is 2.32. The van der Waals surface area contributed by atoms with Gasteiger partial charge in [-0.15, -0.1) is 11.3 Å². The fraction of sp³-hybridized carbons (Fsp3) is 0.278. The van der Waals surface area contributed by atoms with Crippen LogP contribution in [0.5, 0.6) is 5.75 Å². The normalized spacial score (nSPS) is 16.0. The average molecular weight is 670 g/mol. The summed E-state index contributed by atoms with van der Waals surface area (Å²) in [5.41, 5.74) is 4.02. The van der Waals surface area contributed by atoms with Gasteiger partial charge in [-0.3, -0.25) is 14.3 Å². The number of hydrogen-bond donors (Lipinski definition) is 2. The topological polar surface area (TPSA) is 110 Å². The molecule has 0 saturated carbocycles.